The van der Waals surface area contributed by atoms with Gasteiger partial charge in [0.2, 0.25) is 0 Å². The normalized spacial score (nSPS) is 16.9. The molecule has 0 saturated heterocycles. The number of thiocarbonyl (C=S) groups is 1. The summed E-state index contributed by atoms with van der Waals surface area (Å²) in [6, 6.07) is 15.5. The maximum absolute atomic E-state index is 13.0. The van der Waals surface area contributed by atoms with E-state index in [0.29, 0.717) is 10.7 Å². The fraction of sp³-hybridized carbons (Fsp3) is 0.200. The van der Waals surface area contributed by atoms with Crippen molar-refractivity contribution < 1.29 is 4.79 Å². The third-order valence-corrected chi connectivity index (χ3v) is 4.50. The first kappa shape index (κ1) is 17.2. The molecule has 0 fully saturated rings. The number of carbonyl (C=O) groups is 1. The standard InChI is InChI=1S/C20H21N3OS/c1-12-9-10-16(13(2)11-12)22-19(24)17-14(3)21-20(25)23-18(17)15-7-5-4-6-8-15/h4-11,18H,1-3H3,(H,22,24)(H2,21,23,25)/t18-/m0/s1. The second kappa shape index (κ2) is 7.07. The highest BCUT2D eigenvalue weighted by Crippen LogP contribution is 2.28. The number of allylic oxidation sites excluding steroid dienone is 1. The van der Waals surface area contributed by atoms with Crippen molar-refractivity contribution in [2.45, 2.75) is 26.8 Å². The summed E-state index contributed by atoms with van der Waals surface area (Å²) in [4.78, 5) is 13.0. The summed E-state index contributed by atoms with van der Waals surface area (Å²) in [7, 11) is 0. The highest BCUT2D eigenvalue weighted by molar-refractivity contribution is 7.80. The largest absolute Gasteiger partial charge is 0.351 e. The Bertz CT molecular complexity index is 858. The summed E-state index contributed by atoms with van der Waals surface area (Å²) in [5.41, 5.74) is 5.42. The molecule has 0 aromatic heterocycles. The summed E-state index contributed by atoms with van der Waals surface area (Å²) in [6.07, 6.45) is 0. The molecule has 4 nitrogen and oxygen atoms in total. The summed E-state index contributed by atoms with van der Waals surface area (Å²) >= 11 is 5.28. The van der Waals surface area contributed by atoms with Gasteiger partial charge in [-0.1, -0.05) is 48.0 Å². The van der Waals surface area contributed by atoms with Crippen LogP contribution in [0.4, 0.5) is 5.69 Å². The third kappa shape index (κ3) is 3.72. The molecule has 2 aromatic carbocycles. The summed E-state index contributed by atoms with van der Waals surface area (Å²) < 4.78 is 0. The maximum atomic E-state index is 13.0. The topological polar surface area (TPSA) is 53.2 Å². The molecule has 0 saturated carbocycles. The van der Waals surface area contributed by atoms with Gasteiger partial charge in [0.05, 0.1) is 11.6 Å². The highest BCUT2D eigenvalue weighted by Gasteiger charge is 2.29. The number of benzene rings is 2. The smallest absolute Gasteiger partial charge is 0.255 e. The lowest BCUT2D eigenvalue weighted by Gasteiger charge is -2.30. The molecule has 0 unspecified atom stereocenters. The van der Waals surface area contributed by atoms with Gasteiger partial charge >= 0.3 is 0 Å². The van der Waals surface area contributed by atoms with Crippen LogP contribution in [-0.4, -0.2) is 11.0 Å². The quantitative estimate of drug-likeness (QED) is 0.738. The van der Waals surface area contributed by atoms with E-state index in [1.165, 1.54) is 5.56 Å². The summed E-state index contributed by atoms with van der Waals surface area (Å²) in [5.74, 6) is -0.138. The van der Waals surface area contributed by atoms with Crippen LogP contribution in [0.15, 0.2) is 59.8 Å². The van der Waals surface area contributed by atoms with Crippen LogP contribution < -0.4 is 16.0 Å². The molecule has 1 atom stereocenters. The molecule has 0 radical (unpaired) electrons. The fourth-order valence-corrected chi connectivity index (χ4v) is 3.30. The zero-order chi connectivity index (χ0) is 18.0. The van der Waals surface area contributed by atoms with E-state index in [1.807, 2.05) is 63.2 Å². The molecule has 1 heterocycles. The first-order valence-electron chi connectivity index (χ1n) is 8.17. The summed E-state index contributed by atoms with van der Waals surface area (Å²) in [6.45, 7) is 5.90. The minimum absolute atomic E-state index is 0.138. The Hall–Kier alpha value is -2.66. The molecule has 5 heteroatoms. The monoisotopic (exact) mass is 351 g/mol. The van der Waals surface area contributed by atoms with Gasteiger partial charge in [0, 0.05) is 11.4 Å². The van der Waals surface area contributed by atoms with Gasteiger partial charge in [-0.05, 0) is 50.2 Å². The van der Waals surface area contributed by atoms with Crippen LogP contribution in [0.3, 0.4) is 0 Å². The van der Waals surface area contributed by atoms with Crippen molar-refractivity contribution in [2.24, 2.45) is 0 Å². The average molecular weight is 351 g/mol. The van der Waals surface area contributed by atoms with E-state index in [1.54, 1.807) is 0 Å². The molecule has 1 aliphatic heterocycles. The Kier molecular flexibility index (Phi) is 4.86. The number of hydrogen-bond acceptors (Lipinski definition) is 2. The van der Waals surface area contributed by atoms with Crippen molar-refractivity contribution in [1.82, 2.24) is 10.6 Å². The molecule has 0 spiro atoms. The van der Waals surface area contributed by atoms with E-state index >= 15 is 0 Å². The van der Waals surface area contributed by atoms with Gasteiger partial charge in [-0.25, -0.2) is 0 Å². The first-order valence-corrected chi connectivity index (χ1v) is 8.58. The zero-order valence-electron chi connectivity index (χ0n) is 14.5. The van der Waals surface area contributed by atoms with E-state index in [4.69, 9.17) is 12.2 Å². The van der Waals surface area contributed by atoms with Crippen molar-refractivity contribution in [3.63, 3.8) is 0 Å². The van der Waals surface area contributed by atoms with Crippen molar-refractivity contribution in [2.75, 3.05) is 5.32 Å². The predicted molar refractivity (Wildman–Crippen MR) is 105 cm³/mol. The molecule has 25 heavy (non-hydrogen) atoms. The number of rotatable bonds is 3. The Balaban J connectivity index is 1.95. The molecular formula is C20H21N3OS. The molecule has 2 aromatic rings. The van der Waals surface area contributed by atoms with Gasteiger partial charge in [0.15, 0.2) is 5.11 Å². The van der Waals surface area contributed by atoms with E-state index in [2.05, 4.69) is 22.0 Å². The second-order valence-corrected chi connectivity index (χ2v) is 6.66. The fourth-order valence-electron chi connectivity index (χ4n) is 3.03. The Labute approximate surface area is 153 Å². The van der Waals surface area contributed by atoms with Crippen molar-refractivity contribution in [3.8, 4) is 0 Å². The molecule has 3 rings (SSSR count). The minimum atomic E-state index is -0.277. The van der Waals surface area contributed by atoms with Gasteiger partial charge in [-0.3, -0.25) is 4.79 Å². The van der Waals surface area contributed by atoms with E-state index in [-0.39, 0.29) is 11.9 Å². The van der Waals surface area contributed by atoms with E-state index < -0.39 is 0 Å². The van der Waals surface area contributed by atoms with Crippen LogP contribution in [0, 0.1) is 13.8 Å². The molecule has 0 bridgehead atoms. The third-order valence-electron chi connectivity index (χ3n) is 4.28. The maximum Gasteiger partial charge on any atom is 0.255 e. The average Bonchev–Trinajstić information content (AvgIpc) is 2.57. The minimum Gasteiger partial charge on any atom is -0.351 e. The van der Waals surface area contributed by atoms with Crippen LogP contribution in [0.5, 0.6) is 0 Å². The molecule has 128 valence electrons. The number of hydrogen-bond donors (Lipinski definition) is 3. The van der Waals surface area contributed by atoms with Gasteiger partial charge in [0.1, 0.15) is 0 Å². The van der Waals surface area contributed by atoms with Gasteiger partial charge < -0.3 is 16.0 Å². The van der Waals surface area contributed by atoms with Crippen LogP contribution >= 0.6 is 12.2 Å². The first-order chi connectivity index (χ1) is 12.0. The molecule has 1 amide bonds. The number of anilines is 1. The van der Waals surface area contributed by atoms with Crippen LogP contribution in [0.1, 0.15) is 29.7 Å². The van der Waals surface area contributed by atoms with Gasteiger partial charge in [0.25, 0.3) is 5.91 Å². The number of carbonyl (C=O) groups excluding carboxylic acids is 1. The number of aryl methyl sites for hydroxylation is 2. The van der Waals surface area contributed by atoms with E-state index in [0.717, 1.165) is 22.5 Å². The van der Waals surface area contributed by atoms with Gasteiger partial charge in [-0.15, -0.1) is 0 Å². The lowest BCUT2D eigenvalue weighted by atomic mass is 9.95. The van der Waals surface area contributed by atoms with Crippen molar-refractivity contribution in [3.05, 3.63) is 76.5 Å². The van der Waals surface area contributed by atoms with E-state index in [9.17, 15) is 4.79 Å². The van der Waals surface area contributed by atoms with Crippen LogP contribution in [0.25, 0.3) is 0 Å². The predicted octanol–water partition coefficient (Wildman–Crippen LogP) is 3.73. The van der Waals surface area contributed by atoms with Crippen LogP contribution in [-0.2, 0) is 4.79 Å². The summed E-state index contributed by atoms with van der Waals surface area (Å²) in [5, 5.41) is 9.82. The lowest BCUT2D eigenvalue weighted by Crippen LogP contribution is -2.45. The van der Waals surface area contributed by atoms with Crippen molar-refractivity contribution >= 4 is 28.9 Å². The molecule has 1 aliphatic rings. The second-order valence-electron chi connectivity index (χ2n) is 6.25. The SMILES string of the molecule is CC1=C(C(=O)Nc2ccc(C)cc2C)[C@H](c2ccccc2)NC(=S)N1. The number of amides is 1. The number of nitrogens with one attached hydrogen (secondary N) is 3. The van der Waals surface area contributed by atoms with Crippen LogP contribution in [0.2, 0.25) is 0 Å². The lowest BCUT2D eigenvalue weighted by molar-refractivity contribution is -0.113. The Morgan fingerprint density at radius 3 is 2.48 bits per heavy atom. The molecule has 3 N–H and O–H groups in total. The molecular weight excluding hydrogens is 330 g/mol. The Morgan fingerprint density at radius 1 is 1.08 bits per heavy atom. The van der Waals surface area contributed by atoms with Gasteiger partial charge in [-0.2, -0.15) is 0 Å². The zero-order valence-corrected chi connectivity index (χ0v) is 15.3. The Morgan fingerprint density at radius 2 is 1.80 bits per heavy atom. The highest BCUT2D eigenvalue weighted by atomic mass is 32.1. The molecule has 0 aliphatic carbocycles. The van der Waals surface area contributed by atoms with Crippen molar-refractivity contribution in [1.29, 1.82) is 0 Å².